The van der Waals surface area contributed by atoms with Crippen LogP contribution in [-0.4, -0.2) is 6.54 Å². The fourth-order valence-corrected chi connectivity index (χ4v) is 3.16. The van der Waals surface area contributed by atoms with E-state index in [0.29, 0.717) is 6.04 Å². The molecule has 13 heavy (non-hydrogen) atoms. The van der Waals surface area contributed by atoms with Crippen LogP contribution in [0.3, 0.4) is 0 Å². The summed E-state index contributed by atoms with van der Waals surface area (Å²) in [4.78, 5) is 1.47. The van der Waals surface area contributed by atoms with Crippen molar-refractivity contribution >= 4 is 39.7 Å². The SMILES string of the molecule is Brc1csc([C@@H]2CCCCN2)c1.Cl. The maximum Gasteiger partial charge on any atom is 0.0415 e. The van der Waals surface area contributed by atoms with Crippen molar-refractivity contribution in [3.63, 3.8) is 0 Å². The van der Waals surface area contributed by atoms with Gasteiger partial charge in [0.2, 0.25) is 0 Å². The average molecular weight is 283 g/mol. The van der Waals surface area contributed by atoms with E-state index in [0.717, 1.165) is 0 Å². The van der Waals surface area contributed by atoms with Crippen LogP contribution in [0.4, 0.5) is 0 Å². The Balaban J connectivity index is 0.000000845. The molecule has 0 spiro atoms. The van der Waals surface area contributed by atoms with Crippen LogP contribution < -0.4 is 5.32 Å². The second-order valence-corrected chi connectivity index (χ2v) is 5.03. The van der Waals surface area contributed by atoms with E-state index >= 15 is 0 Å². The predicted molar refractivity (Wildman–Crippen MR) is 63.9 cm³/mol. The van der Waals surface area contributed by atoms with Crippen molar-refractivity contribution in [2.45, 2.75) is 25.3 Å². The standard InChI is InChI=1S/C9H12BrNS.ClH/c10-7-5-9(12-6-7)8-3-1-2-4-11-8;/h5-6,8,11H,1-4H2;1H/t8-;/m0./s1. The summed E-state index contributed by atoms with van der Waals surface area (Å²) in [6, 6.07) is 2.85. The first-order chi connectivity index (χ1) is 5.86. The minimum absolute atomic E-state index is 0. The Morgan fingerprint density at radius 1 is 1.46 bits per heavy atom. The van der Waals surface area contributed by atoms with E-state index in [9.17, 15) is 0 Å². The van der Waals surface area contributed by atoms with Gasteiger partial charge in [0.25, 0.3) is 0 Å². The van der Waals surface area contributed by atoms with Crippen LogP contribution >= 0.6 is 39.7 Å². The molecule has 1 nitrogen and oxygen atoms in total. The van der Waals surface area contributed by atoms with E-state index < -0.39 is 0 Å². The van der Waals surface area contributed by atoms with Crippen LogP contribution in [0, 0.1) is 0 Å². The minimum atomic E-state index is 0. The molecule has 1 saturated heterocycles. The van der Waals surface area contributed by atoms with Crippen LogP contribution in [-0.2, 0) is 0 Å². The first-order valence-electron chi connectivity index (χ1n) is 4.33. The molecule has 74 valence electrons. The van der Waals surface area contributed by atoms with Gasteiger partial charge in [-0.05, 0) is 41.4 Å². The molecule has 0 aromatic carbocycles. The second kappa shape index (κ2) is 5.35. The average Bonchev–Trinajstić information content (AvgIpc) is 2.54. The highest BCUT2D eigenvalue weighted by atomic mass is 79.9. The summed E-state index contributed by atoms with van der Waals surface area (Å²) in [7, 11) is 0. The third kappa shape index (κ3) is 2.94. The molecule has 2 rings (SSSR count). The molecular formula is C9H13BrClNS. The Hall–Kier alpha value is 0.430. The third-order valence-corrected chi connectivity index (χ3v) is 4.05. The lowest BCUT2D eigenvalue weighted by molar-refractivity contribution is 0.417. The zero-order valence-corrected chi connectivity index (χ0v) is 10.5. The van der Waals surface area contributed by atoms with Gasteiger partial charge in [-0.1, -0.05) is 6.42 Å². The topological polar surface area (TPSA) is 12.0 Å². The van der Waals surface area contributed by atoms with E-state index in [1.807, 2.05) is 11.3 Å². The first-order valence-corrected chi connectivity index (χ1v) is 6.01. The van der Waals surface area contributed by atoms with Crippen LogP contribution in [0.1, 0.15) is 30.2 Å². The van der Waals surface area contributed by atoms with Gasteiger partial charge >= 0.3 is 0 Å². The largest absolute Gasteiger partial charge is 0.309 e. The molecule has 0 amide bonds. The summed E-state index contributed by atoms with van der Waals surface area (Å²) in [5, 5.41) is 5.70. The molecule has 1 aromatic rings. The number of halogens is 2. The lowest BCUT2D eigenvalue weighted by Crippen LogP contribution is -2.25. The van der Waals surface area contributed by atoms with Crippen LogP contribution in [0.25, 0.3) is 0 Å². The monoisotopic (exact) mass is 281 g/mol. The van der Waals surface area contributed by atoms with Crippen molar-refractivity contribution < 1.29 is 0 Å². The van der Waals surface area contributed by atoms with E-state index in [2.05, 4.69) is 32.7 Å². The zero-order valence-electron chi connectivity index (χ0n) is 7.25. The molecule has 0 bridgehead atoms. The van der Waals surface area contributed by atoms with Crippen LogP contribution in [0.5, 0.6) is 0 Å². The number of hydrogen-bond acceptors (Lipinski definition) is 2. The molecule has 4 heteroatoms. The Labute approximate surface area is 97.5 Å². The van der Waals surface area contributed by atoms with Crippen LogP contribution in [0.2, 0.25) is 0 Å². The molecule has 0 aliphatic carbocycles. The number of nitrogens with one attached hydrogen (secondary N) is 1. The van der Waals surface area contributed by atoms with E-state index in [1.165, 1.54) is 35.2 Å². The summed E-state index contributed by atoms with van der Waals surface area (Å²) < 4.78 is 1.22. The Kier molecular flexibility index (Phi) is 4.73. The maximum atomic E-state index is 3.54. The third-order valence-electron chi connectivity index (χ3n) is 2.24. The Bertz CT molecular complexity index is 258. The molecule has 1 aliphatic heterocycles. The van der Waals surface area contributed by atoms with Gasteiger partial charge in [0, 0.05) is 20.8 Å². The summed E-state index contributed by atoms with van der Waals surface area (Å²) in [6.07, 6.45) is 4.00. The maximum absolute atomic E-state index is 3.54. The van der Waals surface area contributed by atoms with Crippen molar-refractivity contribution in [1.82, 2.24) is 5.32 Å². The van der Waals surface area contributed by atoms with Gasteiger partial charge in [-0.15, -0.1) is 23.7 Å². The van der Waals surface area contributed by atoms with Gasteiger partial charge in [0.05, 0.1) is 0 Å². The summed E-state index contributed by atoms with van der Waals surface area (Å²) in [5.41, 5.74) is 0. The highest BCUT2D eigenvalue weighted by molar-refractivity contribution is 9.10. The molecular weight excluding hydrogens is 270 g/mol. The summed E-state index contributed by atoms with van der Waals surface area (Å²) >= 11 is 5.33. The number of hydrogen-bond donors (Lipinski definition) is 1. The zero-order chi connectivity index (χ0) is 8.39. The van der Waals surface area contributed by atoms with Gasteiger partial charge in [-0.3, -0.25) is 0 Å². The number of piperidine rings is 1. The molecule has 0 unspecified atom stereocenters. The Morgan fingerprint density at radius 3 is 2.85 bits per heavy atom. The number of thiophene rings is 1. The molecule has 1 fully saturated rings. The molecule has 1 N–H and O–H groups in total. The Morgan fingerprint density at radius 2 is 2.31 bits per heavy atom. The van der Waals surface area contributed by atoms with Crippen molar-refractivity contribution in [1.29, 1.82) is 0 Å². The van der Waals surface area contributed by atoms with Gasteiger partial charge < -0.3 is 5.32 Å². The smallest absolute Gasteiger partial charge is 0.0415 e. The van der Waals surface area contributed by atoms with Crippen LogP contribution in [0.15, 0.2) is 15.9 Å². The summed E-state index contributed by atoms with van der Waals surface area (Å²) in [5.74, 6) is 0. The van der Waals surface area contributed by atoms with Gasteiger partial charge in [-0.25, -0.2) is 0 Å². The fraction of sp³-hybridized carbons (Fsp3) is 0.556. The molecule has 1 aliphatic rings. The second-order valence-electron chi connectivity index (χ2n) is 3.17. The van der Waals surface area contributed by atoms with E-state index in [4.69, 9.17) is 0 Å². The lowest BCUT2D eigenvalue weighted by atomic mass is 10.0. The lowest BCUT2D eigenvalue weighted by Gasteiger charge is -2.21. The van der Waals surface area contributed by atoms with Crippen molar-refractivity contribution in [2.75, 3.05) is 6.54 Å². The van der Waals surface area contributed by atoms with Gasteiger partial charge in [0.1, 0.15) is 0 Å². The quantitative estimate of drug-likeness (QED) is 0.827. The first kappa shape index (κ1) is 11.5. The highest BCUT2D eigenvalue weighted by Crippen LogP contribution is 2.30. The van der Waals surface area contributed by atoms with Crippen molar-refractivity contribution in [2.24, 2.45) is 0 Å². The van der Waals surface area contributed by atoms with Crippen molar-refractivity contribution in [3.05, 3.63) is 20.8 Å². The number of rotatable bonds is 1. The molecule has 2 heterocycles. The normalized spacial score (nSPS) is 22.4. The van der Waals surface area contributed by atoms with E-state index in [-0.39, 0.29) is 12.4 Å². The van der Waals surface area contributed by atoms with Gasteiger partial charge in [0.15, 0.2) is 0 Å². The molecule has 1 atom stereocenters. The summed E-state index contributed by atoms with van der Waals surface area (Å²) in [6.45, 7) is 1.18. The molecule has 0 saturated carbocycles. The highest BCUT2D eigenvalue weighted by Gasteiger charge is 2.15. The minimum Gasteiger partial charge on any atom is -0.309 e. The molecule has 1 aromatic heterocycles. The van der Waals surface area contributed by atoms with Crippen molar-refractivity contribution in [3.8, 4) is 0 Å². The predicted octanol–water partition coefficient (Wildman–Crippen LogP) is 3.75. The van der Waals surface area contributed by atoms with Gasteiger partial charge in [-0.2, -0.15) is 0 Å². The van der Waals surface area contributed by atoms with E-state index in [1.54, 1.807) is 0 Å². The molecule has 0 radical (unpaired) electrons. The fourth-order valence-electron chi connectivity index (χ4n) is 1.61.